The monoisotopic (exact) mass is 620 g/mol. The Balaban J connectivity index is 1.84. The van der Waals surface area contributed by atoms with Gasteiger partial charge in [-0.1, -0.05) is 39.8 Å². The van der Waals surface area contributed by atoms with E-state index in [1.165, 1.54) is 0 Å². The Kier molecular flexibility index (Phi) is 13.3. The maximum Gasteiger partial charge on any atom is 0.264 e. The van der Waals surface area contributed by atoms with E-state index in [1.807, 2.05) is 0 Å². The number of ether oxygens (including phenoxy) is 5. The first-order valence-electron chi connectivity index (χ1n) is 15.3. The first kappa shape index (κ1) is 35.1. The molecule has 2 aliphatic carbocycles. The number of methoxy groups -OCH3 is 1. The first-order chi connectivity index (χ1) is 19.2. The zero-order chi connectivity index (χ0) is 30.3. The van der Waals surface area contributed by atoms with Crippen LogP contribution in [0.1, 0.15) is 59.8 Å². The Morgan fingerprint density at radius 3 is 2.39 bits per heavy atom. The van der Waals surface area contributed by atoms with Crippen LogP contribution in [0.3, 0.4) is 0 Å². The fourth-order valence-electron chi connectivity index (χ4n) is 6.15. The summed E-state index contributed by atoms with van der Waals surface area (Å²) in [5.41, 5.74) is 0. The predicted molar refractivity (Wildman–Crippen MR) is 161 cm³/mol. The highest BCUT2D eigenvalue weighted by Crippen LogP contribution is 2.47. The first-order valence-corrected chi connectivity index (χ1v) is 20.1. The van der Waals surface area contributed by atoms with Crippen LogP contribution in [0.25, 0.3) is 0 Å². The zero-order valence-electron chi connectivity index (χ0n) is 26.6. The van der Waals surface area contributed by atoms with Crippen LogP contribution >= 0.6 is 0 Å². The van der Waals surface area contributed by atoms with E-state index in [-0.39, 0.29) is 60.6 Å². The molecule has 7 atom stereocenters. The number of fused-ring (bicyclic) bond motifs is 1. The lowest BCUT2D eigenvalue weighted by Gasteiger charge is -2.42. The summed E-state index contributed by atoms with van der Waals surface area (Å²) < 4.78 is 65.1. The molecule has 0 radical (unpaired) electrons. The molecular formula is C30H56O9SSi. The quantitative estimate of drug-likeness (QED) is 0.0742. The average molecular weight is 621 g/mol. The number of rotatable bonds is 16. The molecule has 41 heavy (non-hydrogen) atoms. The molecule has 3 rings (SSSR count). The Bertz CT molecular complexity index is 913. The van der Waals surface area contributed by atoms with Gasteiger partial charge in [0.25, 0.3) is 10.1 Å². The van der Waals surface area contributed by atoms with Crippen molar-refractivity contribution in [2.45, 2.75) is 96.4 Å². The van der Waals surface area contributed by atoms with Crippen LogP contribution in [-0.4, -0.2) is 88.4 Å². The second-order valence-electron chi connectivity index (χ2n) is 13.6. The maximum absolute atomic E-state index is 12.1. The van der Waals surface area contributed by atoms with Gasteiger partial charge in [-0.25, -0.2) is 0 Å². The topological polar surface area (TPSA) is 98.8 Å². The number of hydrogen-bond acceptors (Lipinski definition) is 9. The molecule has 0 spiro atoms. The number of hydrogen-bond donors (Lipinski definition) is 0. The molecule has 11 heteroatoms. The molecule has 0 aromatic heterocycles. The van der Waals surface area contributed by atoms with Gasteiger partial charge in [-0.05, 0) is 73.9 Å². The van der Waals surface area contributed by atoms with Crippen molar-refractivity contribution in [3.63, 3.8) is 0 Å². The van der Waals surface area contributed by atoms with Gasteiger partial charge in [-0.15, -0.1) is 0 Å². The van der Waals surface area contributed by atoms with E-state index >= 15 is 0 Å². The predicted octanol–water partition coefficient (Wildman–Crippen LogP) is 5.37. The van der Waals surface area contributed by atoms with E-state index < -0.39 is 18.4 Å². The van der Waals surface area contributed by atoms with Crippen LogP contribution in [0, 0.1) is 29.6 Å². The minimum Gasteiger partial charge on any atom is -0.414 e. The van der Waals surface area contributed by atoms with Gasteiger partial charge in [0.05, 0.1) is 45.4 Å². The lowest BCUT2D eigenvalue weighted by Crippen LogP contribution is -2.47. The fraction of sp³-hybridized carbons (Fsp3) is 0.933. The second kappa shape index (κ2) is 15.6. The molecule has 9 nitrogen and oxygen atoms in total. The van der Waals surface area contributed by atoms with Gasteiger partial charge in [0, 0.05) is 19.1 Å². The second-order valence-corrected chi connectivity index (χ2v) is 20.0. The summed E-state index contributed by atoms with van der Waals surface area (Å²) in [5.74, 6) is 0.862. The third kappa shape index (κ3) is 10.6. The molecule has 0 amide bonds. The van der Waals surface area contributed by atoms with Crippen LogP contribution in [0.4, 0.5) is 0 Å². The van der Waals surface area contributed by atoms with E-state index in [4.69, 9.17) is 32.3 Å². The molecule has 1 saturated carbocycles. The van der Waals surface area contributed by atoms with Crippen molar-refractivity contribution in [3.05, 3.63) is 12.2 Å². The zero-order valence-corrected chi connectivity index (χ0v) is 28.5. The summed E-state index contributed by atoms with van der Waals surface area (Å²) in [6, 6.07) is 0. The largest absolute Gasteiger partial charge is 0.414 e. The minimum atomic E-state index is -3.57. The van der Waals surface area contributed by atoms with Gasteiger partial charge < -0.3 is 28.1 Å². The van der Waals surface area contributed by atoms with Gasteiger partial charge >= 0.3 is 0 Å². The molecule has 0 unspecified atom stereocenters. The molecular weight excluding hydrogens is 564 g/mol. The van der Waals surface area contributed by atoms with Crippen molar-refractivity contribution >= 4 is 18.4 Å². The Morgan fingerprint density at radius 1 is 1.05 bits per heavy atom. The minimum absolute atomic E-state index is 0.00321. The lowest BCUT2D eigenvalue weighted by molar-refractivity contribution is -0.106. The third-order valence-corrected chi connectivity index (χ3v) is 14.7. The van der Waals surface area contributed by atoms with Crippen LogP contribution < -0.4 is 0 Å². The highest BCUT2D eigenvalue weighted by molar-refractivity contribution is 7.85. The smallest absolute Gasteiger partial charge is 0.264 e. The van der Waals surface area contributed by atoms with E-state index in [9.17, 15) is 8.42 Å². The average Bonchev–Trinajstić information content (AvgIpc) is 3.50. The fourth-order valence-corrected chi connectivity index (χ4v) is 7.93. The Labute approximate surface area is 250 Å². The Morgan fingerprint density at radius 2 is 1.76 bits per heavy atom. The van der Waals surface area contributed by atoms with E-state index in [0.717, 1.165) is 38.4 Å². The van der Waals surface area contributed by atoms with Crippen molar-refractivity contribution in [3.8, 4) is 0 Å². The van der Waals surface area contributed by atoms with E-state index in [0.29, 0.717) is 32.3 Å². The van der Waals surface area contributed by atoms with Gasteiger partial charge in [0.1, 0.15) is 6.79 Å². The number of allylic oxidation sites excluding steroid dienone is 1. The Hall–Kier alpha value is -0.373. The van der Waals surface area contributed by atoms with Gasteiger partial charge in [-0.3, -0.25) is 4.18 Å². The molecule has 2 fully saturated rings. The normalized spacial score (nSPS) is 29.4. The summed E-state index contributed by atoms with van der Waals surface area (Å²) in [6.07, 6.45) is 10.1. The van der Waals surface area contributed by atoms with Crippen molar-refractivity contribution in [1.29, 1.82) is 0 Å². The van der Waals surface area contributed by atoms with Gasteiger partial charge in [0.15, 0.2) is 14.6 Å². The summed E-state index contributed by atoms with van der Waals surface area (Å²) in [7, 11) is -3.99. The molecule has 0 N–H and O–H groups in total. The summed E-state index contributed by atoms with van der Waals surface area (Å²) in [4.78, 5) is 0. The highest BCUT2D eigenvalue weighted by Gasteiger charge is 2.47. The van der Waals surface area contributed by atoms with Crippen LogP contribution in [0.5, 0.6) is 0 Å². The van der Waals surface area contributed by atoms with Crippen molar-refractivity contribution in [2.75, 3.05) is 53.2 Å². The molecule has 0 bridgehead atoms. The standard InChI is InChI=1S/C30H56O9SSi/c1-22(9-14-29-35-17-18-36-29)26(20-38-40(6,31)32)23-10-11-24-25(12-13-27(24)37-21-34-16-15-33-5)28(19-23)39-41(7,8)30(2,3)4/h10-11,22-29H,9,12-21H2,1-8H3/t22-,23+,24+,25+,26+,27-,28-/m0/s1. The molecule has 1 aliphatic heterocycles. The van der Waals surface area contributed by atoms with Crippen molar-refractivity contribution in [1.82, 2.24) is 0 Å². The van der Waals surface area contributed by atoms with Gasteiger partial charge in [0.2, 0.25) is 0 Å². The molecule has 240 valence electrons. The SMILES string of the molecule is COCCOCO[C@H]1CC[C@@H]2[C@H]1C=C[C@@H]([C@H](COS(C)(=O)=O)[C@@H](C)CCC1OCCO1)C[C@@H]2O[Si](C)(C)C(C)(C)C. The summed E-state index contributed by atoms with van der Waals surface area (Å²) in [5, 5.41) is 0.0782. The van der Waals surface area contributed by atoms with Crippen LogP contribution in [0.15, 0.2) is 12.2 Å². The molecule has 0 aromatic rings. The highest BCUT2D eigenvalue weighted by atomic mass is 32.2. The van der Waals surface area contributed by atoms with E-state index in [2.05, 4.69) is 52.9 Å². The maximum atomic E-state index is 12.1. The molecule has 1 saturated heterocycles. The van der Waals surface area contributed by atoms with Crippen LogP contribution in [-0.2, 0) is 42.4 Å². The molecule has 0 aromatic carbocycles. The summed E-state index contributed by atoms with van der Waals surface area (Å²) in [6.45, 7) is 16.3. The summed E-state index contributed by atoms with van der Waals surface area (Å²) >= 11 is 0. The third-order valence-electron chi connectivity index (χ3n) is 9.62. The van der Waals surface area contributed by atoms with E-state index in [1.54, 1.807) is 7.11 Å². The van der Waals surface area contributed by atoms with Crippen molar-refractivity contribution < 1.29 is 40.7 Å². The van der Waals surface area contributed by atoms with Crippen LogP contribution in [0.2, 0.25) is 18.1 Å². The van der Waals surface area contributed by atoms with Crippen molar-refractivity contribution in [2.24, 2.45) is 29.6 Å². The molecule has 3 aliphatic rings. The molecule has 1 heterocycles. The van der Waals surface area contributed by atoms with Gasteiger partial charge in [-0.2, -0.15) is 8.42 Å². The lowest BCUT2D eigenvalue weighted by atomic mass is 9.77.